The van der Waals surface area contributed by atoms with Gasteiger partial charge < -0.3 is 24.7 Å². The first-order chi connectivity index (χ1) is 14.0. The topological polar surface area (TPSA) is 74.9 Å². The number of nitrogens with one attached hydrogen (secondary N) is 2. The van der Waals surface area contributed by atoms with Gasteiger partial charge in [0.25, 0.3) is 0 Å². The molecule has 2 aromatic rings. The molecule has 0 saturated heterocycles. The zero-order chi connectivity index (χ0) is 21.1. The molecule has 0 spiro atoms. The Morgan fingerprint density at radius 3 is 2.57 bits per heavy atom. The van der Waals surface area contributed by atoms with Crippen molar-refractivity contribution in [2.24, 2.45) is 4.99 Å². The maximum atomic E-state index is 5.85. The molecule has 8 heteroatoms. The van der Waals surface area contributed by atoms with Gasteiger partial charge in [0, 0.05) is 31.8 Å². The zero-order valence-corrected chi connectivity index (χ0v) is 21.1. The van der Waals surface area contributed by atoms with Crippen LogP contribution in [0.3, 0.4) is 0 Å². The van der Waals surface area contributed by atoms with Crippen molar-refractivity contribution in [3.8, 4) is 11.5 Å². The van der Waals surface area contributed by atoms with Crippen LogP contribution in [0.2, 0.25) is 0 Å². The number of guanidine groups is 1. The van der Waals surface area contributed by atoms with Gasteiger partial charge in [0.05, 0.1) is 12.6 Å². The lowest BCUT2D eigenvalue weighted by Crippen LogP contribution is -2.42. The van der Waals surface area contributed by atoms with E-state index < -0.39 is 0 Å². The fourth-order valence-electron chi connectivity index (χ4n) is 2.80. The van der Waals surface area contributed by atoms with E-state index in [9.17, 15) is 0 Å². The van der Waals surface area contributed by atoms with Gasteiger partial charge in [-0.25, -0.2) is 9.98 Å². The minimum Gasteiger partial charge on any atom is -0.444 e. The smallest absolute Gasteiger partial charge is 0.226 e. The molecule has 0 radical (unpaired) electrons. The van der Waals surface area contributed by atoms with Crippen molar-refractivity contribution in [3.63, 3.8) is 0 Å². The summed E-state index contributed by atoms with van der Waals surface area (Å²) in [5.41, 5.74) is 2.98. The molecule has 0 aliphatic carbocycles. The van der Waals surface area contributed by atoms with E-state index in [1.807, 2.05) is 19.1 Å². The van der Waals surface area contributed by atoms with Gasteiger partial charge >= 0.3 is 0 Å². The van der Waals surface area contributed by atoms with Gasteiger partial charge in [-0.3, -0.25) is 0 Å². The van der Waals surface area contributed by atoms with Crippen LogP contribution in [-0.2, 0) is 11.3 Å². The fourth-order valence-corrected chi connectivity index (χ4v) is 2.80. The largest absolute Gasteiger partial charge is 0.444 e. The highest BCUT2D eigenvalue weighted by molar-refractivity contribution is 14.0. The lowest BCUT2D eigenvalue weighted by molar-refractivity contribution is 0.0548. The van der Waals surface area contributed by atoms with Crippen molar-refractivity contribution in [1.29, 1.82) is 0 Å². The molecule has 0 amide bonds. The molecule has 0 aliphatic rings. The third-order valence-corrected chi connectivity index (χ3v) is 4.39. The summed E-state index contributed by atoms with van der Waals surface area (Å²) in [6.07, 6.45) is 2.78. The number of nitrogens with zero attached hydrogens (tertiary/aromatic N) is 3. The highest BCUT2D eigenvalue weighted by atomic mass is 127. The van der Waals surface area contributed by atoms with Crippen LogP contribution in [-0.4, -0.2) is 62.3 Å². The third kappa shape index (κ3) is 9.44. The fraction of sp³-hybridized carbons (Fsp3) is 0.545. The molecular weight excluding hydrogens is 493 g/mol. The van der Waals surface area contributed by atoms with Gasteiger partial charge in [-0.2, -0.15) is 0 Å². The molecule has 30 heavy (non-hydrogen) atoms. The second-order valence-electron chi connectivity index (χ2n) is 7.26. The van der Waals surface area contributed by atoms with Crippen molar-refractivity contribution >= 4 is 29.9 Å². The molecule has 1 aromatic carbocycles. The second-order valence-corrected chi connectivity index (χ2v) is 7.26. The molecule has 168 valence electrons. The number of rotatable bonds is 11. The quantitative estimate of drug-likeness (QED) is 0.263. The number of halogens is 1. The van der Waals surface area contributed by atoms with Crippen LogP contribution in [0.25, 0.3) is 11.5 Å². The van der Waals surface area contributed by atoms with Crippen LogP contribution < -0.4 is 10.6 Å². The molecule has 1 aromatic heterocycles. The molecule has 1 unspecified atom stereocenters. The van der Waals surface area contributed by atoms with E-state index in [1.165, 1.54) is 5.56 Å². The maximum Gasteiger partial charge on any atom is 0.226 e. The molecule has 0 saturated carbocycles. The highest BCUT2D eigenvalue weighted by Gasteiger charge is 2.11. The van der Waals surface area contributed by atoms with Crippen LogP contribution in [0.4, 0.5) is 0 Å². The van der Waals surface area contributed by atoms with Crippen molar-refractivity contribution in [2.45, 2.75) is 39.8 Å². The van der Waals surface area contributed by atoms with E-state index in [2.05, 4.69) is 65.6 Å². The van der Waals surface area contributed by atoms with Crippen LogP contribution in [0, 0.1) is 6.92 Å². The Hall–Kier alpha value is -1.65. The molecule has 1 heterocycles. The Labute approximate surface area is 197 Å². The SMILES string of the molecule is CCNC(=NCc1coc(-c2ccc(C)cc2)n1)NCC(CCN(C)C)OCC.I. The van der Waals surface area contributed by atoms with Crippen LogP contribution >= 0.6 is 24.0 Å². The van der Waals surface area contributed by atoms with Crippen molar-refractivity contribution in [2.75, 3.05) is 40.3 Å². The Bertz CT molecular complexity index is 746. The predicted molar refractivity (Wildman–Crippen MR) is 133 cm³/mol. The Kier molecular flexibility index (Phi) is 12.6. The molecule has 0 aliphatic heterocycles. The van der Waals surface area contributed by atoms with E-state index in [1.54, 1.807) is 6.26 Å². The van der Waals surface area contributed by atoms with E-state index in [0.717, 1.165) is 36.7 Å². The lowest BCUT2D eigenvalue weighted by Gasteiger charge is -2.21. The molecule has 0 bridgehead atoms. The summed E-state index contributed by atoms with van der Waals surface area (Å²) in [6.45, 7) is 9.77. The summed E-state index contributed by atoms with van der Waals surface area (Å²) in [5.74, 6) is 1.37. The van der Waals surface area contributed by atoms with Gasteiger partial charge in [-0.15, -0.1) is 24.0 Å². The van der Waals surface area contributed by atoms with E-state index >= 15 is 0 Å². The van der Waals surface area contributed by atoms with Crippen molar-refractivity contribution in [3.05, 3.63) is 41.8 Å². The number of hydrogen-bond acceptors (Lipinski definition) is 5. The minimum atomic E-state index is 0. The summed E-state index contributed by atoms with van der Waals surface area (Å²) in [7, 11) is 4.15. The summed E-state index contributed by atoms with van der Waals surface area (Å²) < 4.78 is 11.5. The molecule has 2 rings (SSSR count). The summed E-state index contributed by atoms with van der Waals surface area (Å²) in [6, 6.07) is 8.13. The monoisotopic (exact) mass is 529 g/mol. The summed E-state index contributed by atoms with van der Waals surface area (Å²) in [4.78, 5) is 11.4. The Morgan fingerprint density at radius 2 is 1.93 bits per heavy atom. The van der Waals surface area contributed by atoms with Crippen LogP contribution in [0.1, 0.15) is 31.5 Å². The normalized spacial score (nSPS) is 12.5. The lowest BCUT2D eigenvalue weighted by atomic mass is 10.1. The second kappa shape index (κ2) is 14.4. The number of benzene rings is 1. The number of aromatic nitrogens is 1. The zero-order valence-electron chi connectivity index (χ0n) is 18.8. The molecular formula is C22H36IN5O2. The van der Waals surface area contributed by atoms with Gasteiger partial charge in [-0.05, 0) is 53.4 Å². The Balaban J connectivity index is 0.00000450. The number of oxazole rings is 1. The standard InChI is InChI=1S/C22H35N5O2.HI/c1-6-23-22(25-15-20(28-7-2)12-13-27(4)5)24-14-19-16-29-21(26-19)18-10-8-17(3)9-11-18;/h8-11,16,20H,6-7,12-15H2,1-5H3,(H2,23,24,25);1H. The first-order valence-electron chi connectivity index (χ1n) is 10.3. The number of aliphatic imine (C=N–C) groups is 1. The molecule has 2 N–H and O–H groups in total. The van der Waals surface area contributed by atoms with Gasteiger partial charge in [0.15, 0.2) is 5.96 Å². The highest BCUT2D eigenvalue weighted by Crippen LogP contribution is 2.19. The first-order valence-corrected chi connectivity index (χ1v) is 10.3. The van der Waals surface area contributed by atoms with Crippen molar-refractivity contribution in [1.82, 2.24) is 20.5 Å². The average Bonchev–Trinajstić information content (AvgIpc) is 3.17. The molecule has 0 fully saturated rings. The molecule has 1 atom stereocenters. The van der Waals surface area contributed by atoms with E-state index in [-0.39, 0.29) is 30.1 Å². The molecule has 7 nitrogen and oxygen atoms in total. The number of aryl methyl sites for hydroxylation is 1. The average molecular weight is 529 g/mol. The predicted octanol–water partition coefficient (Wildman–Crippen LogP) is 3.68. The van der Waals surface area contributed by atoms with Crippen molar-refractivity contribution < 1.29 is 9.15 Å². The van der Waals surface area contributed by atoms with Crippen LogP contribution in [0.5, 0.6) is 0 Å². The van der Waals surface area contributed by atoms with Crippen LogP contribution in [0.15, 0.2) is 39.9 Å². The summed E-state index contributed by atoms with van der Waals surface area (Å²) in [5, 5.41) is 6.66. The minimum absolute atomic E-state index is 0. The van der Waals surface area contributed by atoms with Gasteiger partial charge in [-0.1, -0.05) is 17.7 Å². The summed E-state index contributed by atoms with van der Waals surface area (Å²) >= 11 is 0. The number of ether oxygens (including phenoxy) is 1. The third-order valence-electron chi connectivity index (χ3n) is 4.39. The van der Waals surface area contributed by atoms with Gasteiger partial charge in [0.1, 0.15) is 12.0 Å². The van der Waals surface area contributed by atoms with E-state index in [4.69, 9.17) is 9.15 Å². The number of hydrogen-bond donors (Lipinski definition) is 2. The van der Waals surface area contributed by atoms with Gasteiger partial charge in [0.2, 0.25) is 5.89 Å². The maximum absolute atomic E-state index is 5.85. The Morgan fingerprint density at radius 1 is 1.20 bits per heavy atom. The first kappa shape index (κ1) is 26.4. The van der Waals surface area contributed by atoms with E-state index in [0.29, 0.717) is 25.6 Å².